The van der Waals surface area contributed by atoms with Gasteiger partial charge in [-0.05, 0) is 0 Å². The normalized spacial score (nSPS) is 11.8. The van der Waals surface area contributed by atoms with E-state index in [1.54, 1.807) is 0 Å². The first-order valence-corrected chi connectivity index (χ1v) is 11.1. The Hall–Kier alpha value is -6.32. The first kappa shape index (κ1) is 22.8. The van der Waals surface area contributed by atoms with Gasteiger partial charge in [-0.2, -0.15) is 0 Å². The number of hydrogen-bond donors (Lipinski definition) is 4. The van der Waals surface area contributed by atoms with Crippen molar-refractivity contribution < 1.29 is 10.2 Å². The maximum Gasteiger partial charge on any atom is 0.254 e. The molecule has 0 saturated heterocycles. The molecule has 40 heavy (non-hydrogen) atoms. The molecular formula is C24H8N8O8. The van der Waals surface area contributed by atoms with Crippen LogP contribution in [0.5, 0.6) is 11.5 Å². The smallest absolute Gasteiger partial charge is 0.254 e. The Morgan fingerprint density at radius 3 is 1.10 bits per heavy atom. The monoisotopic (exact) mass is 536 g/mol. The summed E-state index contributed by atoms with van der Waals surface area (Å²) >= 11 is 0. The molecule has 192 valence electrons. The quantitative estimate of drug-likeness (QED) is 0.128. The van der Waals surface area contributed by atoms with Gasteiger partial charge < -0.3 is 20.2 Å². The number of hydrogen-bond acceptors (Lipinski definition) is 14. The van der Waals surface area contributed by atoms with Crippen LogP contribution in [0.2, 0.25) is 0 Å². The number of phenols is 2. The number of aromatic nitrogens is 8. The van der Waals surface area contributed by atoms with Gasteiger partial charge in [-0.15, -0.1) is 0 Å². The van der Waals surface area contributed by atoms with E-state index in [0.717, 1.165) is 12.7 Å². The van der Waals surface area contributed by atoms with Gasteiger partial charge >= 0.3 is 0 Å². The van der Waals surface area contributed by atoms with E-state index >= 15 is 0 Å². The predicted molar refractivity (Wildman–Crippen MR) is 138 cm³/mol. The first-order chi connectivity index (χ1) is 19.2. The molecule has 0 radical (unpaired) electrons. The van der Waals surface area contributed by atoms with E-state index in [9.17, 15) is 39.0 Å². The van der Waals surface area contributed by atoms with Crippen molar-refractivity contribution in [2.45, 2.75) is 0 Å². The van der Waals surface area contributed by atoms with Crippen LogP contribution in [0.3, 0.4) is 0 Å². The number of aromatic amines is 2. The molecule has 0 fully saturated rings. The molecule has 16 nitrogen and oxygen atoms in total. The Balaban J connectivity index is 0.000000132. The topological polar surface area (TPSA) is 252 Å². The zero-order valence-corrected chi connectivity index (χ0v) is 19.3. The molecule has 0 aliphatic heterocycles. The highest BCUT2D eigenvalue weighted by atomic mass is 16.3. The van der Waals surface area contributed by atoms with Crippen LogP contribution in [0, 0.1) is 0 Å². The van der Waals surface area contributed by atoms with Crippen molar-refractivity contribution >= 4 is 54.9 Å². The number of benzene rings is 4. The number of nitrogens with one attached hydrogen (secondary N) is 2. The minimum atomic E-state index is -0.872. The molecule has 8 rings (SSSR count). The first-order valence-electron chi connectivity index (χ1n) is 11.1. The maximum atomic E-state index is 12.1. The van der Waals surface area contributed by atoms with Gasteiger partial charge in [-0.1, -0.05) is 0 Å². The van der Waals surface area contributed by atoms with Crippen molar-refractivity contribution in [3.63, 3.8) is 0 Å². The Morgan fingerprint density at radius 1 is 0.450 bits per heavy atom. The summed E-state index contributed by atoms with van der Waals surface area (Å²) in [4.78, 5) is 100. The van der Waals surface area contributed by atoms with Gasteiger partial charge in [-0.3, -0.25) is 28.8 Å². The molecule has 0 bridgehead atoms. The highest BCUT2D eigenvalue weighted by Gasteiger charge is 2.27. The zero-order valence-electron chi connectivity index (χ0n) is 19.3. The lowest BCUT2D eigenvalue weighted by molar-refractivity contribution is 0.474. The average Bonchev–Trinajstić information content (AvgIpc) is 2.99. The Labute approximate surface area is 214 Å². The minimum Gasteiger partial charge on any atom is -0.503 e. The van der Waals surface area contributed by atoms with Crippen LogP contribution in [0.4, 0.5) is 0 Å². The summed E-state index contributed by atoms with van der Waals surface area (Å²) in [5.74, 6) is -1.06. The molecule has 2 aliphatic rings. The second-order valence-electron chi connectivity index (χ2n) is 8.57. The highest BCUT2D eigenvalue weighted by molar-refractivity contribution is 6.22. The van der Waals surface area contributed by atoms with Crippen LogP contribution in [-0.2, 0) is 0 Å². The van der Waals surface area contributed by atoms with E-state index in [1.165, 1.54) is 12.7 Å². The standard InChI is InChI=1S/C12H6N4O4.C12H2N4O4/c2*17-9-5-3-4-7(11(9)19)15-2-16-8(4)12(20)10(18)6(3)14-1-13-5/h1-2,17,20H,(H,13,14)(H,15,16);1-2H. The van der Waals surface area contributed by atoms with Gasteiger partial charge in [0.15, 0.2) is 11.5 Å². The molecule has 4 heterocycles. The lowest BCUT2D eigenvalue weighted by Crippen LogP contribution is -2.33. The molecule has 4 N–H and O–H groups in total. The number of H-pyrrole nitrogens is 2. The fourth-order valence-corrected chi connectivity index (χ4v) is 4.85. The molecule has 4 aromatic heterocycles. The molecule has 2 aromatic carbocycles. The Bertz CT molecular complexity index is 2390. The summed E-state index contributed by atoms with van der Waals surface area (Å²) in [5, 5.41) is 20.4. The summed E-state index contributed by atoms with van der Waals surface area (Å²) < 4.78 is 0. The Morgan fingerprint density at radius 2 is 0.775 bits per heavy atom. The third-order valence-electron chi connectivity index (χ3n) is 6.58. The van der Waals surface area contributed by atoms with E-state index in [2.05, 4.69) is 39.9 Å². The predicted octanol–water partition coefficient (Wildman–Crippen LogP) is -1.41. The maximum absolute atomic E-state index is 12.1. The number of aromatic hydroxyl groups is 2. The number of rotatable bonds is 0. The van der Waals surface area contributed by atoms with Crippen LogP contribution in [0.1, 0.15) is 0 Å². The van der Waals surface area contributed by atoms with Crippen LogP contribution in [-0.4, -0.2) is 50.1 Å². The molecule has 0 amide bonds. The highest BCUT2D eigenvalue weighted by Crippen LogP contribution is 2.34. The van der Waals surface area contributed by atoms with E-state index in [-0.39, 0.29) is 66.0 Å². The largest absolute Gasteiger partial charge is 0.503 e. The lowest BCUT2D eigenvalue weighted by atomic mass is 9.96. The van der Waals surface area contributed by atoms with Crippen molar-refractivity contribution in [2.24, 2.45) is 0 Å². The summed E-state index contributed by atoms with van der Waals surface area (Å²) in [5.41, 5.74) is -5.35. The van der Waals surface area contributed by atoms with Crippen LogP contribution >= 0.6 is 0 Å². The van der Waals surface area contributed by atoms with E-state index in [1.807, 2.05) is 0 Å². The summed E-state index contributed by atoms with van der Waals surface area (Å²) in [6, 6.07) is 0. The van der Waals surface area contributed by atoms with E-state index in [0.29, 0.717) is 0 Å². The molecule has 2 aliphatic carbocycles. The summed E-state index contributed by atoms with van der Waals surface area (Å²) in [7, 11) is 0. The van der Waals surface area contributed by atoms with Crippen molar-refractivity contribution in [1.82, 2.24) is 39.9 Å². The molecule has 0 saturated carbocycles. The number of nitrogens with zero attached hydrogens (tertiary/aromatic N) is 6. The second kappa shape index (κ2) is 7.60. The lowest BCUT2D eigenvalue weighted by Gasteiger charge is -2.10. The van der Waals surface area contributed by atoms with Crippen molar-refractivity contribution in [3.8, 4) is 22.6 Å². The number of phenolic OH excluding ortho intramolecular Hbond substituents is 2. The molecular weight excluding hydrogens is 528 g/mol. The average molecular weight is 536 g/mol. The van der Waals surface area contributed by atoms with Crippen molar-refractivity contribution in [2.75, 3.05) is 0 Å². The second-order valence-corrected chi connectivity index (χ2v) is 8.57. The minimum absolute atomic E-state index is 0.0366. The summed E-state index contributed by atoms with van der Waals surface area (Å²) in [6.45, 7) is 0. The van der Waals surface area contributed by atoms with Crippen LogP contribution in [0.15, 0.2) is 54.1 Å². The molecule has 0 unspecified atom stereocenters. The van der Waals surface area contributed by atoms with Gasteiger partial charge in [0, 0.05) is 21.9 Å². The Kier molecular flexibility index (Phi) is 4.34. The summed E-state index contributed by atoms with van der Waals surface area (Å²) in [6.07, 6.45) is 4.31. The molecule has 6 aromatic rings. The van der Waals surface area contributed by atoms with Gasteiger partial charge in [0.25, 0.3) is 21.7 Å². The van der Waals surface area contributed by atoms with Gasteiger partial charge in [0.2, 0.25) is 10.9 Å². The molecule has 0 atom stereocenters. The third-order valence-corrected chi connectivity index (χ3v) is 6.58. The SMILES string of the molecule is O=c1c(=O)c2ncnc3c2-c2c1ncnc2c(=O)c3=O.O=c1c(O)c2[nH]cnc3c(=O)c(O)c4[nH]cnc1c4c23. The van der Waals surface area contributed by atoms with E-state index in [4.69, 9.17) is 0 Å². The third kappa shape index (κ3) is 2.67. The van der Waals surface area contributed by atoms with Gasteiger partial charge in [0.1, 0.15) is 45.8 Å². The van der Waals surface area contributed by atoms with E-state index < -0.39 is 44.1 Å². The fraction of sp³-hybridized carbons (Fsp3) is 0. The molecule has 0 spiro atoms. The molecule has 16 heteroatoms. The zero-order chi connectivity index (χ0) is 28.0. The van der Waals surface area contributed by atoms with Crippen molar-refractivity contribution in [3.05, 3.63) is 86.6 Å². The van der Waals surface area contributed by atoms with Gasteiger partial charge in [-0.25, -0.2) is 29.9 Å². The van der Waals surface area contributed by atoms with Crippen LogP contribution < -0.4 is 32.6 Å². The van der Waals surface area contributed by atoms with Gasteiger partial charge in [0.05, 0.1) is 23.7 Å². The van der Waals surface area contributed by atoms with Crippen LogP contribution in [0.25, 0.3) is 66.0 Å². The van der Waals surface area contributed by atoms with Crippen molar-refractivity contribution in [1.29, 1.82) is 0 Å². The fourth-order valence-electron chi connectivity index (χ4n) is 4.85.